The molecule has 30 heavy (non-hydrogen) atoms. The van der Waals surface area contributed by atoms with Crippen LogP contribution in [0.25, 0.3) is 11.1 Å². The van der Waals surface area contributed by atoms with E-state index in [1.54, 1.807) is 49.5 Å². The van der Waals surface area contributed by atoms with Crippen LogP contribution in [0.5, 0.6) is 5.75 Å². The van der Waals surface area contributed by atoms with E-state index in [-0.39, 0.29) is 16.7 Å². The third-order valence-corrected chi connectivity index (χ3v) is 5.53. The SMILES string of the molecule is CNC(=O)c1ccc(-c2cccc(O[C@H]3O[C@H](CO)[C@@H](O)C(O)[C@]3(C)O)c2Cl)cc1. The highest BCUT2D eigenvalue weighted by molar-refractivity contribution is 6.34. The number of hydrogen-bond donors (Lipinski definition) is 5. The molecule has 0 aliphatic carbocycles. The number of carbonyl (C=O) groups excluding carboxylic acids is 1. The second-order valence-electron chi connectivity index (χ2n) is 7.24. The molecule has 8 nitrogen and oxygen atoms in total. The minimum absolute atomic E-state index is 0.176. The summed E-state index contributed by atoms with van der Waals surface area (Å²) in [5, 5.41) is 42.9. The number of nitrogens with one attached hydrogen (secondary N) is 1. The molecule has 162 valence electrons. The number of rotatable bonds is 5. The van der Waals surface area contributed by atoms with Crippen molar-refractivity contribution < 1.29 is 34.7 Å². The van der Waals surface area contributed by atoms with Crippen molar-refractivity contribution in [2.45, 2.75) is 37.1 Å². The fourth-order valence-corrected chi connectivity index (χ4v) is 3.53. The van der Waals surface area contributed by atoms with Crippen LogP contribution in [0, 0.1) is 0 Å². The minimum Gasteiger partial charge on any atom is -0.460 e. The molecule has 2 aromatic rings. The molecule has 5 atom stereocenters. The lowest BCUT2D eigenvalue weighted by molar-refractivity contribution is -0.314. The van der Waals surface area contributed by atoms with Crippen LogP contribution in [0.3, 0.4) is 0 Å². The van der Waals surface area contributed by atoms with Crippen LogP contribution in [0.2, 0.25) is 5.02 Å². The van der Waals surface area contributed by atoms with Crippen LogP contribution in [0.4, 0.5) is 0 Å². The fourth-order valence-electron chi connectivity index (χ4n) is 3.25. The lowest BCUT2D eigenvalue weighted by Gasteiger charge is -2.45. The van der Waals surface area contributed by atoms with E-state index >= 15 is 0 Å². The van der Waals surface area contributed by atoms with Gasteiger partial charge in [0.05, 0.1) is 11.6 Å². The first kappa shape index (κ1) is 22.5. The summed E-state index contributed by atoms with van der Waals surface area (Å²) in [4.78, 5) is 11.7. The van der Waals surface area contributed by atoms with Gasteiger partial charge in [0.1, 0.15) is 24.1 Å². The van der Waals surface area contributed by atoms with E-state index < -0.39 is 36.8 Å². The highest BCUT2D eigenvalue weighted by Crippen LogP contribution is 2.38. The molecule has 9 heteroatoms. The van der Waals surface area contributed by atoms with Gasteiger partial charge in [0.2, 0.25) is 6.29 Å². The molecular formula is C21H24ClNO7. The van der Waals surface area contributed by atoms with E-state index in [9.17, 15) is 25.2 Å². The Kier molecular flexibility index (Phi) is 6.66. The Bertz CT molecular complexity index is 903. The van der Waals surface area contributed by atoms with Gasteiger partial charge in [-0.2, -0.15) is 0 Å². The van der Waals surface area contributed by atoms with Gasteiger partial charge in [0.25, 0.3) is 5.91 Å². The molecule has 1 saturated heterocycles. The summed E-state index contributed by atoms with van der Waals surface area (Å²) < 4.78 is 11.2. The molecule has 3 rings (SSSR count). The van der Waals surface area contributed by atoms with Crippen LogP contribution in [0.1, 0.15) is 17.3 Å². The smallest absolute Gasteiger partial charge is 0.251 e. The van der Waals surface area contributed by atoms with Gasteiger partial charge in [-0.3, -0.25) is 4.79 Å². The lowest BCUT2D eigenvalue weighted by atomic mass is 9.88. The number of benzene rings is 2. The zero-order valence-corrected chi connectivity index (χ0v) is 17.2. The van der Waals surface area contributed by atoms with E-state index in [0.717, 1.165) is 5.56 Å². The molecule has 0 saturated carbocycles. The van der Waals surface area contributed by atoms with Crippen LogP contribution < -0.4 is 10.1 Å². The second-order valence-corrected chi connectivity index (χ2v) is 7.62. The number of aliphatic hydroxyl groups excluding tert-OH is 3. The molecule has 1 amide bonds. The molecule has 2 aromatic carbocycles. The van der Waals surface area contributed by atoms with Gasteiger partial charge in [-0.05, 0) is 30.7 Å². The van der Waals surface area contributed by atoms with Gasteiger partial charge < -0.3 is 35.2 Å². The van der Waals surface area contributed by atoms with Gasteiger partial charge >= 0.3 is 0 Å². The van der Waals surface area contributed by atoms with Crippen molar-refractivity contribution in [2.24, 2.45) is 0 Å². The third kappa shape index (κ3) is 4.15. The van der Waals surface area contributed by atoms with Gasteiger partial charge in [0.15, 0.2) is 5.60 Å². The average molecular weight is 438 g/mol. The van der Waals surface area contributed by atoms with Crippen molar-refractivity contribution in [3.05, 3.63) is 53.1 Å². The van der Waals surface area contributed by atoms with E-state index in [1.807, 2.05) is 0 Å². The predicted octanol–water partition coefficient (Wildman–Crippen LogP) is 0.935. The van der Waals surface area contributed by atoms with Crippen LogP contribution in [0.15, 0.2) is 42.5 Å². The summed E-state index contributed by atoms with van der Waals surface area (Å²) in [5.41, 5.74) is -0.107. The van der Waals surface area contributed by atoms with Crippen LogP contribution >= 0.6 is 11.6 Å². The molecule has 0 aromatic heterocycles. The third-order valence-electron chi connectivity index (χ3n) is 5.14. The van der Waals surface area contributed by atoms with Gasteiger partial charge in [-0.15, -0.1) is 0 Å². The maximum absolute atomic E-state index is 11.7. The monoisotopic (exact) mass is 437 g/mol. The van der Waals surface area contributed by atoms with Crippen molar-refractivity contribution in [3.63, 3.8) is 0 Å². The van der Waals surface area contributed by atoms with Crippen LogP contribution in [-0.4, -0.2) is 70.2 Å². The average Bonchev–Trinajstić information content (AvgIpc) is 2.75. The topological polar surface area (TPSA) is 128 Å². The van der Waals surface area contributed by atoms with Crippen molar-refractivity contribution >= 4 is 17.5 Å². The number of ether oxygens (including phenoxy) is 2. The fraction of sp³-hybridized carbons (Fsp3) is 0.381. The molecule has 1 unspecified atom stereocenters. The first-order chi connectivity index (χ1) is 14.2. The number of carbonyl (C=O) groups is 1. The highest BCUT2D eigenvalue weighted by Gasteiger charge is 2.53. The molecule has 1 fully saturated rings. The molecule has 0 bridgehead atoms. The Labute approximate surface area is 178 Å². The Hall–Kier alpha value is -2.20. The Balaban J connectivity index is 1.89. The maximum Gasteiger partial charge on any atom is 0.251 e. The van der Waals surface area contributed by atoms with Crippen molar-refractivity contribution in [2.75, 3.05) is 13.7 Å². The second kappa shape index (κ2) is 8.89. The van der Waals surface area contributed by atoms with Gasteiger partial charge in [0, 0.05) is 18.2 Å². The lowest BCUT2D eigenvalue weighted by Crippen LogP contribution is -2.66. The standard InChI is InChI=1S/C21H24ClNO7/c1-21(28)18(26)17(25)15(10-24)30-20(21)29-14-5-3-4-13(16(14)22)11-6-8-12(9-7-11)19(27)23-2/h3-9,15,17-18,20,24-26,28H,10H2,1-2H3,(H,23,27)/t15-,17-,18?,20+,21+/m1/s1. The quantitative estimate of drug-likeness (QED) is 0.470. The van der Waals surface area contributed by atoms with Crippen molar-refractivity contribution in [1.82, 2.24) is 5.32 Å². The maximum atomic E-state index is 11.7. The zero-order valence-electron chi connectivity index (χ0n) is 16.4. The summed E-state index contributed by atoms with van der Waals surface area (Å²) in [6.07, 6.45) is -5.61. The molecular weight excluding hydrogens is 414 g/mol. The highest BCUT2D eigenvalue weighted by atomic mass is 35.5. The predicted molar refractivity (Wildman–Crippen MR) is 109 cm³/mol. The summed E-state index contributed by atoms with van der Waals surface area (Å²) >= 11 is 6.52. The Morgan fingerprint density at radius 3 is 2.50 bits per heavy atom. The van der Waals surface area contributed by atoms with E-state index in [0.29, 0.717) is 11.1 Å². The van der Waals surface area contributed by atoms with E-state index in [1.165, 1.54) is 6.92 Å². The number of halogens is 1. The molecule has 0 spiro atoms. The first-order valence-corrected chi connectivity index (χ1v) is 9.71. The number of hydrogen-bond acceptors (Lipinski definition) is 7. The van der Waals surface area contributed by atoms with E-state index in [2.05, 4.69) is 5.32 Å². The first-order valence-electron chi connectivity index (χ1n) is 9.33. The van der Waals surface area contributed by atoms with Crippen molar-refractivity contribution in [3.8, 4) is 16.9 Å². The summed E-state index contributed by atoms with van der Waals surface area (Å²) in [7, 11) is 1.55. The minimum atomic E-state index is -1.96. The van der Waals surface area contributed by atoms with Gasteiger partial charge in [-0.25, -0.2) is 0 Å². The number of amides is 1. The van der Waals surface area contributed by atoms with Crippen molar-refractivity contribution in [1.29, 1.82) is 0 Å². The molecule has 5 N–H and O–H groups in total. The molecule has 1 heterocycles. The Morgan fingerprint density at radius 2 is 1.90 bits per heavy atom. The normalized spacial score (nSPS) is 28.8. The molecule has 1 aliphatic heterocycles. The van der Waals surface area contributed by atoms with Gasteiger partial charge in [-0.1, -0.05) is 35.9 Å². The largest absolute Gasteiger partial charge is 0.460 e. The van der Waals surface area contributed by atoms with E-state index in [4.69, 9.17) is 21.1 Å². The number of aliphatic hydroxyl groups is 4. The molecule has 1 aliphatic rings. The summed E-state index contributed by atoms with van der Waals surface area (Å²) in [6.45, 7) is 0.689. The summed E-state index contributed by atoms with van der Waals surface area (Å²) in [5.74, 6) is -0.0318. The Morgan fingerprint density at radius 1 is 1.23 bits per heavy atom. The molecule has 0 radical (unpaired) electrons. The summed E-state index contributed by atoms with van der Waals surface area (Å²) in [6, 6.07) is 11.8. The van der Waals surface area contributed by atoms with Crippen LogP contribution in [-0.2, 0) is 4.74 Å². The zero-order chi connectivity index (χ0) is 22.1.